The maximum absolute atomic E-state index is 13.4. The number of aromatic nitrogens is 10. The summed E-state index contributed by atoms with van der Waals surface area (Å²) in [5.74, 6) is 0.418. The smallest absolute Gasteiger partial charge is 0.387 e. The zero-order valence-electron chi connectivity index (χ0n) is 43.2. The molecule has 1 saturated heterocycles. The highest BCUT2D eigenvalue weighted by atomic mass is 19.3. The van der Waals surface area contributed by atoms with Gasteiger partial charge in [-0.15, -0.1) is 0 Å². The summed E-state index contributed by atoms with van der Waals surface area (Å²) in [5, 5.41) is 26.0. The highest BCUT2D eigenvalue weighted by Crippen LogP contribution is 2.41. The Morgan fingerprint density at radius 3 is 1.77 bits per heavy atom. The van der Waals surface area contributed by atoms with E-state index in [9.17, 15) is 31.9 Å². The summed E-state index contributed by atoms with van der Waals surface area (Å²) in [6.07, 6.45) is 12.4. The number of alkyl halides is 4. The summed E-state index contributed by atoms with van der Waals surface area (Å²) in [4.78, 5) is 48.2. The van der Waals surface area contributed by atoms with E-state index in [4.69, 9.17) is 23.7 Å². The monoisotopic (exact) mass is 1110 g/mol. The van der Waals surface area contributed by atoms with Gasteiger partial charge >= 0.3 is 13.2 Å². The molecule has 3 N–H and O–H groups in total. The molecule has 6 aromatic heterocycles. The van der Waals surface area contributed by atoms with E-state index in [1.54, 1.807) is 112 Å². The second-order valence-corrected chi connectivity index (χ2v) is 18.1. The lowest BCUT2D eigenvalue weighted by Gasteiger charge is -2.25. The Morgan fingerprint density at radius 2 is 1.21 bits per heavy atom. The van der Waals surface area contributed by atoms with Gasteiger partial charge in [-0.25, -0.2) is 19.0 Å². The van der Waals surface area contributed by atoms with Crippen LogP contribution in [0.1, 0.15) is 32.3 Å². The summed E-state index contributed by atoms with van der Waals surface area (Å²) in [7, 11) is 5.01. The third-order valence-electron chi connectivity index (χ3n) is 12.2. The predicted octanol–water partition coefficient (Wildman–Crippen LogP) is 8.76. The predicted molar refractivity (Wildman–Crippen MR) is 285 cm³/mol. The van der Waals surface area contributed by atoms with Crippen molar-refractivity contribution in [2.24, 2.45) is 7.05 Å². The lowest BCUT2D eigenvalue weighted by Crippen LogP contribution is -2.32. The molecule has 0 unspecified atom stereocenters. The standard InChI is InChI=1S/C29H28F2N8O4.C26H20F2N6O4/c1-37(2)25(40)16-32-14-18-6-4-7-19(12-18)42-20-8-9-24(43-29(30)31)21(13-20)26-23(17-38(3)36-26)35-28(41)22-15-34-39-11-5-10-33-27(22)39;27-26(28)38-22-8-7-18(37-17-5-2-1-3-6-17)11-19(22)23-21(13-34(32-23)16-14-36-15-16)31-25(35)20-12-30-33-10-4-9-29-24(20)33/h4-13,15,17,29,32H,14,16H2,1-3H3,(H,35,41);1-13,16,26H,14-15H2,(H,31,35). The van der Waals surface area contributed by atoms with Crippen molar-refractivity contribution in [1.29, 1.82) is 0 Å². The molecule has 0 spiro atoms. The number of amides is 3. The highest BCUT2D eigenvalue weighted by Gasteiger charge is 2.28. The van der Waals surface area contributed by atoms with Gasteiger partial charge in [0.05, 0.1) is 60.7 Å². The van der Waals surface area contributed by atoms with Crippen LogP contribution in [0.4, 0.5) is 28.9 Å². The summed E-state index contributed by atoms with van der Waals surface area (Å²) in [5.41, 5.74) is 3.38. The number of para-hydroxylation sites is 1. The number of ether oxygens (including phenoxy) is 5. The molecule has 0 bridgehead atoms. The number of fused-ring (bicyclic) bond motifs is 2. The number of carbonyl (C=O) groups excluding carboxylic acids is 3. The fraction of sp³-hybridized carbons (Fsp3) is 0.182. The van der Waals surface area contributed by atoms with Crippen LogP contribution in [0.5, 0.6) is 34.5 Å². The molecule has 414 valence electrons. The average Bonchev–Trinajstić information content (AvgIpc) is 4.47. The number of benzene rings is 4. The van der Waals surface area contributed by atoms with Crippen molar-refractivity contribution in [2.75, 3.05) is 44.5 Å². The molecular formula is C55H48F4N14O8. The fourth-order valence-electron chi connectivity index (χ4n) is 8.24. The Kier molecular flexibility index (Phi) is 16.2. The molecule has 81 heavy (non-hydrogen) atoms. The molecule has 11 rings (SSSR count). The van der Waals surface area contributed by atoms with Crippen LogP contribution < -0.4 is 34.9 Å². The van der Waals surface area contributed by atoms with E-state index < -0.39 is 25.0 Å². The second kappa shape index (κ2) is 24.2. The first-order valence-electron chi connectivity index (χ1n) is 24.7. The molecular weight excluding hydrogens is 1060 g/mol. The molecule has 1 fully saturated rings. The number of rotatable bonds is 19. The number of carbonyl (C=O) groups is 3. The molecule has 7 heterocycles. The lowest BCUT2D eigenvalue weighted by atomic mass is 10.1. The quantitative estimate of drug-likeness (QED) is 0.0642. The normalized spacial score (nSPS) is 12.2. The number of likely N-dealkylation sites (N-methyl/N-ethyl adjacent to an activating group) is 1. The van der Waals surface area contributed by atoms with Crippen LogP contribution >= 0.6 is 0 Å². The van der Waals surface area contributed by atoms with Crippen LogP contribution in [0.3, 0.4) is 0 Å². The molecule has 1 aliphatic heterocycles. The van der Waals surface area contributed by atoms with Crippen LogP contribution in [-0.2, 0) is 23.1 Å². The van der Waals surface area contributed by atoms with Crippen LogP contribution in [0.2, 0.25) is 0 Å². The van der Waals surface area contributed by atoms with Crippen molar-refractivity contribution in [3.8, 4) is 57.0 Å². The Labute approximate surface area is 457 Å². The molecule has 0 aliphatic carbocycles. The van der Waals surface area contributed by atoms with Crippen molar-refractivity contribution >= 4 is 40.4 Å². The summed E-state index contributed by atoms with van der Waals surface area (Å²) >= 11 is 0. The number of hydrogen-bond donors (Lipinski definition) is 3. The zero-order valence-corrected chi connectivity index (χ0v) is 43.2. The third-order valence-corrected chi connectivity index (χ3v) is 12.2. The van der Waals surface area contributed by atoms with Gasteiger partial charge in [-0.05, 0) is 78.4 Å². The molecule has 1 aliphatic rings. The minimum atomic E-state index is -3.10. The minimum Gasteiger partial charge on any atom is -0.457 e. The van der Waals surface area contributed by atoms with Crippen LogP contribution in [0.15, 0.2) is 153 Å². The Morgan fingerprint density at radius 1 is 0.667 bits per heavy atom. The number of nitrogens with zero attached hydrogens (tertiary/aromatic N) is 11. The fourth-order valence-corrected chi connectivity index (χ4v) is 8.24. The first-order valence-corrected chi connectivity index (χ1v) is 24.7. The second-order valence-electron chi connectivity index (χ2n) is 18.1. The molecule has 3 amide bonds. The van der Waals surface area contributed by atoms with E-state index in [1.807, 2.05) is 24.3 Å². The zero-order chi connectivity index (χ0) is 56.6. The van der Waals surface area contributed by atoms with Gasteiger partial charge in [-0.2, -0.15) is 38.0 Å². The maximum atomic E-state index is 13.4. The van der Waals surface area contributed by atoms with E-state index in [-0.39, 0.29) is 75.0 Å². The first kappa shape index (κ1) is 54.2. The third kappa shape index (κ3) is 12.9. The van der Waals surface area contributed by atoms with Crippen molar-refractivity contribution in [2.45, 2.75) is 25.8 Å². The Bertz CT molecular complexity index is 3860. The van der Waals surface area contributed by atoms with Gasteiger partial charge in [0.25, 0.3) is 11.8 Å². The van der Waals surface area contributed by atoms with E-state index in [1.165, 1.54) is 61.3 Å². The van der Waals surface area contributed by atoms with Crippen LogP contribution in [0.25, 0.3) is 33.8 Å². The number of anilines is 2. The average molecular weight is 1110 g/mol. The summed E-state index contributed by atoms with van der Waals surface area (Å²) < 4.78 is 86.2. The lowest BCUT2D eigenvalue weighted by molar-refractivity contribution is -0.127. The molecule has 0 saturated carbocycles. The largest absolute Gasteiger partial charge is 0.457 e. The van der Waals surface area contributed by atoms with E-state index in [0.717, 1.165) is 5.56 Å². The molecule has 4 aromatic carbocycles. The van der Waals surface area contributed by atoms with Crippen molar-refractivity contribution in [1.82, 2.24) is 59.0 Å². The molecule has 0 radical (unpaired) electrons. The van der Waals surface area contributed by atoms with E-state index >= 15 is 0 Å². The number of halogens is 4. The SMILES string of the molecule is CN(C)C(=O)CNCc1cccc(Oc2ccc(OC(F)F)c(-c3nn(C)cc3NC(=O)c3cnn4cccnc34)c2)c1.O=C(Nc1cn(C2COC2)nc1-c1cc(Oc2ccccc2)ccc1OC(F)F)c1cnn2cccnc12. The number of hydrogen-bond acceptors (Lipinski definition) is 15. The Hall–Kier alpha value is -10.2. The van der Waals surface area contributed by atoms with Crippen molar-refractivity contribution < 1.29 is 55.6 Å². The van der Waals surface area contributed by atoms with E-state index in [2.05, 4.69) is 46.3 Å². The van der Waals surface area contributed by atoms with E-state index in [0.29, 0.717) is 54.1 Å². The van der Waals surface area contributed by atoms with Gasteiger partial charge in [-0.3, -0.25) is 23.7 Å². The van der Waals surface area contributed by atoms with Gasteiger partial charge in [0.1, 0.15) is 57.0 Å². The van der Waals surface area contributed by atoms with Crippen molar-refractivity contribution in [3.63, 3.8) is 0 Å². The van der Waals surface area contributed by atoms with Crippen LogP contribution in [0, 0.1) is 0 Å². The Balaban J connectivity index is 0.000000183. The van der Waals surface area contributed by atoms with Gasteiger partial charge < -0.3 is 44.5 Å². The first-order chi connectivity index (χ1) is 39.2. The number of nitrogens with one attached hydrogen (secondary N) is 3. The summed E-state index contributed by atoms with van der Waals surface area (Å²) in [6, 6.07) is 28.4. The van der Waals surface area contributed by atoms with Crippen LogP contribution in [-0.4, -0.2) is 118 Å². The molecule has 10 aromatic rings. The molecule has 22 nitrogen and oxygen atoms in total. The topological polar surface area (TPSA) is 233 Å². The summed E-state index contributed by atoms with van der Waals surface area (Å²) in [6.45, 7) is -4.68. The van der Waals surface area contributed by atoms with Crippen molar-refractivity contribution in [3.05, 3.63) is 169 Å². The van der Waals surface area contributed by atoms with Gasteiger partial charge in [0, 0.05) is 64.9 Å². The van der Waals surface area contributed by atoms with Gasteiger partial charge in [-0.1, -0.05) is 30.3 Å². The molecule has 26 heteroatoms. The van der Waals surface area contributed by atoms with Gasteiger partial charge in [0.15, 0.2) is 11.3 Å². The maximum Gasteiger partial charge on any atom is 0.387 e. The number of aryl methyl sites for hydroxylation is 1. The molecule has 0 atom stereocenters. The highest BCUT2D eigenvalue weighted by molar-refractivity contribution is 6.10. The van der Waals surface area contributed by atoms with Gasteiger partial charge in [0.2, 0.25) is 5.91 Å². The minimum absolute atomic E-state index is 0.0496.